The van der Waals surface area contributed by atoms with Crippen molar-refractivity contribution in [1.29, 1.82) is 0 Å². The zero-order valence-electron chi connectivity index (χ0n) is 20.7. The molecule has 0 bridgehead atoms. The van der Waals surface area contributed by atoms with Gasteiger partial charge in [-0.15, -0.1) is 0 Å². The summed E-state index contributed by atoms with van der Waals surface area (Å²) in [6.45, 7) is 4.23. The van der Waals surface area contributed by atoms with E-state index in [0.29, 0.717) is 35.0 Å². The summed E-state index contributed by atoms with van der Waals surface area (Å²) < 4.78 is 1.64. The van der Waals surface area contributed by atoms with Gasteiger partial charge in [-0.1, -0.05) is 12.1 Å². The van der Waals surface area contributed by atoms with Crippen LogP contribution in [0.3, 0.4) is 0 Å². The van der Waals surface area contributed by atoms with Gasteiger partial charge in [-0.2, -0.15) is 0 Å². The minimum absolute atomic E-state index is 0.210. The highest BCUT2D eigenvalue weighted by molar-refractivity contribution is 5.92. The Bertz CT molecular complexity index is 1650. The molecule has 4 aromatic rings. The van der Waals surface area contributed by atoms with E-state index >= 15 is 0 Å². The summed E-state index contributed by atoms with van der Waals surface area (Å²) in [6, 6.07) is 6.91. The van der Waals surface area contributed by atoms with Gasteiger partial charge in [0.2, 0.25) is 5.91 Å². The first-order valence-electron chi connectivity index (χ1n) is 12.3. The number of carbonyl (C=O) groups is 1. The minimum atomic E-state index is -0.483. The van der Waals surface area contributed by atoms with Crippen LogP contribution in [-0.2, 0) is 6.54 Å². The number of anilines is 1. The standard InChI is InChI=1S/C27H26N8O2/c1-14-21(22(18-9-10-18)32-13-31-14)24-30-12-20-26(34-24)35(15(2)17-7-8-17)27(37)25(33-20)29-11-16-3-5-19(6-4-16)23(28)36/h3-6,12-13,18H,7-11H2,1-2H3,(H2,28,36)(H,29,33). The molecule has 0 unspecified atom stereocenters. The van der Waals surface area contributed by atoms with Crippen molar-refractivity contribution in [2.24, 2.45) is 5.73 Å². The van der Waals surface area contributed by atoms with Gasteiger partial charge < -0.3 is 11.1 Å². The fraction of sp³-hybridized carbons (Fsp3) is 0.296. The Morgan fingerprint density at radius 2 is 1.86 bits per heavy atom. The molecule has 1 aromatic carbocycles. The van der Waals surface area contributed by atoms with Gasteiger partial charge in [-0.3, -0.25) is 14.2 Å². The lowest BCUT2D eigenvalue weighted by atomic mass is 10.1. The predicted octanol–water partition coefficient (Wildman–Crippen LogP) is 3.57. The number of hydrogen-bond donors (Lipinski definition) is 2. The summed E-state index contributed by atoms with van der Waals surface area (Å²) in [7, 11) is 0. The summed E-state index contributed by atoms with van der Waals surface area (Å²) in [5.41, 5.74) is 12.1. The Kier molecular flexibility index (Phi) is 5.51. The van der Waals surface area contributed by atoms with E-state index in [0.717, 1.165) is 53.9 Å². The quantitative estimate of drug-likeness (QED) is 0.397. The average molecular weight is 495 g/mol. The maximum Gasteiger partial charge on any atom is 0.299 e. The molecule has 10 nitrogen and oxygen atoms in total. The largest absolute Gasteiger partial charge is 0.366 e. The van der Waals surface area contributed by atoms with Crippen molar-refractivity contribution in [1.82, 2.24) is 29.5 Å². The molecular formula is C27H26N8O2. The highest BCUT2D eigenvalue weighted by atomic mass is 16.1. The SMILES string of the molecule is CC(=C1CC1)n1c(=O)c(NCc2ccc(C(N)=O)cc2)nc2cnc(-c3c(C)ncnc3C3CC3)nc21. The molecule has 2 aliphatic rings. The second-order valence-electron chi connectivity index (χ2n) is 9.60. The molecular weight excluding hydrogens is 468 g/mol. The van der Waals surface area contributed by atoms with Crippen LogP contribution < -0.4 is 16.6 Å². The van der Waals surface area contributed by atoms with Crippen LogP contribution in [0.4, 0.5) is 5.82 Å². The maximum atomic E-state index is 13.7. The molecule has 0 aliphatic heterocycles. The van der Waals surface area contributed by atoms with Crippen LogP contribution >= 0.6 is 0 Å². The molecule has 1 amide bonds. The van der Waals surface area contributed by atoms with E-state index in [4.69, 9.17) is 10.7 Å². The summed E-state index contributed by atoms with van der Waals surface area (Å²) in [4.78, 5) is 48.0. The summed E-state index contributed by atoms with van der Waals surface area (Å²) in [5, 5.41) is 3.15. The molecule has 0 spiro atoms. The zero-order chi connectivity index (χ0) is 25.7. The van der Waals surface area contributed by atoms with Gasteiger partial charge in [0.15, 0.2) is 17.3 Å². The van der Waals surface area contributed by atoms with Crippen molar-refractivity contribution in [3.05, 3.63) is 75.2 Å². The highest BCUT2D eigenvalue weighted by Gasteiger charge is 2.30. The number of aromatic nitrogens is 6. The molecule has 2 fully saturated rings. The van der Waals surface area contributed by atoms with Crippen LogP contribution in [0, 0.1) is 6.92 Å². The number of rotatable bonds is 7. The normalized spacial score (nSPS) is 14.6. The number of allylic oxidation sites excluding steroid dienone is 2. The van der Waals surface area contributed by atoms with Crippen molar-refractivity contribution in [2.45, 2.75) is 52.0 Å². The molecule has 0 atom stereocenters. The van der Waals surface area contributed by atoms with Crippen LogP contribution in [0.25, 0.3) is 28.2 Å². The molecule has 37 heavy (non-hydrogen) atoms. The maximum absolute atomic E-state index is 13.7. The van der Waals surface area contributed by atoms with Gasteiger partial charge in [0.05, 0.1) is 23.1 Å². The van der Waals surface area contributed by atoms with E-state index in [-0.39, 0.29) is 11.4 Å². The fourth-order valence-corrected chi connectivity index (χ4v) is 4.52. The van der Waals surface area contributed by atoms with Gasteiger partial charge in [-0.25, -0.2) is 24.9 Å². The first-order chi connectivity index (χ1) is 17.9. The second kappa shape index (κ2) is 8.88. The van der Waals surface area contributed by atoms with E-state index in [9.17, 15) is 9.59 Å². The second-order valence-corrected chi connectivity index (χ2v) is 9.60. The molecule has 0 saturated heterocycles. The number of aryl methyl sites for hydroxylation is 1. The third kappa shape index (κ3) is 4.35. The molecule has 0 radical (unpaired) electrons. The number of nitrogens with one attached hydrogen (secondary N) is 1. The summed E-state index contributed by atoms with van der Waals surface area (Å²) in [6.07, 6.45) is 7.36. The van der Waals surface area contributed by atoms with Crippen LogP contribution in [0.1, 0.15) is 65.8 Å². The van der Waals surface area contributed by atoms with Crippen molar-refractivity contribution < 1.29 is 4.79 Å². The number of primary amides is 1. The average Bonchev–Trinajstić information content (AvgIpc) is 3.81. The zero-order valence-corrected chi connectivity index (χ0v) is 20.7. The number of amides is 1. The van der Waals surface area contributed by atoms with Gasteiger partial charge in [0.25, 0.3) is 5.56 Å². The van der Waals surface area contributed by atoms with E-state index in [1.165, 1.54) is 5.57 Å². The Labute approximate surface area is 212 Å². The van der Waals surface area contributed by atoms with Gasteiger partial charge in [0.1, 0.15) is 11.8 Å². The van der Waals surface area contributed by atoms with E-state index in [1.807, 2.05) is 13.8 Å². The number of nitrogens with two attached hydrogens (primary N) is 1. The molecule has 2 saturated carbocycles. The highest BCUT2D eigenvalue weighted by Crippen LogP contribution is 2.43. The van der Waals surface area contributed by atoms with E-state index in [2.05, 4.69) is 25.3 Å². The summed E-state index contributed by atoms with van der Waals surface area (Å²) >= 11 is 0. The number of carbonyl (C=O) groups excluding carboxylic acids is 1. The van der Waals surface area contributed by atoms with Gasteiger partial charge in [-0.05, 0) is 62.8 Å². The summed E-state index contributed by atoms with van der Waals surface area (Å²) in [5.74, 6) is 0.630. The third-order valence-electron chi connectivity index (χ3n) is 6.90. The Hall–Kier alpha value is -4.47. The molecule has 3 N–H and O–H groups in total. The lowest BCUT2D eigenvalue weighted by Gasteiger charge is -2.15. The van der Waals surface area contributed by atoms with Gasteiger partial charge in [0, 0.05) is 23.7 Å². The Morgan fingerprint density at radius 1 is 1.11 bits per heavy atom. The lowest BCUT2D eigenvalue weighted by molar-refractivity contribution is 0.100. The number of hydrogen-bond acceptors (Lipinski definition) is 8. The number of nitrogens with zero attached hydrogens (tertiary/aromatic N) is 6. The van der Waals surface area contributed by atoms with Crippen molar-refractivity contribution in [2.75, 3.05) is 5.32 Å². The molecule has 6 rings (SSSR count). The fourth-order valence-electron chi connectivity index (χ4n) is 4.52. The molecule has 3 aromatic heterocycles. The Balaban J connectivity index is 1.43. The van der Waals surface area contributed by atoms with Crippen LogP contribution in [-0.4, -0.2) is 35.4 Å². The predicted molar refractivity (Wildman–Crippen MR) is 140 cm³/mol. The first-order valence-corrected chi connectivity index (χ1v) is 12.3. The topological polar surface area (TPSA) is 142 Å². The smallest absolute Gasteiger partial charge is 0.299 e. The lowest BCUT2D eigenvalue weighted by Crippen LogP contribution is -2.25. The Morgan fingerprint density at radius 3 is 2.54 bits per heavy atom. The van der Waals surface area contributed by atoms with Crippen LogP contribution in [0.2, 0.25) is 0 Å². The molecule has 10 heteroatoms. The van der Waals surface area contributed by atoms with E-state index < -0.39 is 5.91 Å². The monoisotopic (exact) mass is 494 g/mol. The van der Waals surface area contributed by atoms with Crippen LogP contribution in [0.5, 0.6) is 0 Å². The van der Waals surface area contributed by atoms with Crippen molar-refractivity contribution in [3.63, 3.8) is 0 Å². The molecule has 3 heterocycles. The molecule has 186 valence electrons. The first kappa shape index (κ1) is 23.0. The third-order valence-corrected chi connectivity index (χ3v) is 6.90. The number of benzene rings is 1. The van der Waals surface area contributed by atoms with Crippen molar-refractivity contribution >= 4 is 28.6 Å². The molecule has 2 aliphatic carbocycles. The minimum Gasteiger partial charge on any atom is -0.366 e. The van der Waals surface area contributed by atoms with Gasteiger partial charge >= 0.3 is 0 Å². The number of fused-ring (bicyclic) bond motifs is 1. The van der Waals surface area contributed by atoms with Crippen LogP contribution in [0.15, 0.2) is 47.2 Å². The van der Waals surface area contributed by atoms with Crippen molar-refractivity contribution in [3.8, 4) is 11.4 Å². The van der Waals surface area contributed by atoms with E-state index in [1.54, 1.807) is 41.4 Å².